The van der Waals surface area contributed by atoms with Crippen LogP contribution in [0.5, 0.6) is 0 Å². The molecule has 8 heteroatoms. The number of aromatic nitrogens is 7. The van der Waals surface area contributed by atoms with Gasteiger partial charge >= 0.3 is 0 Å². The third-order valence-corrected chi connectivity index (χ3v) is 7.36. The fourth-order valence-electron chi connectivity index (χ4n) is 5.55. The van der Waals surface area contributed by atoms with Gasteiger partial charge in [0.05, 0.1) is 22.4 Å². The second kappa shape index (κ2) is 9.62. The lowest BCUT2D eigenvalue weighted by Crippen LogP contribution is -2.23. The quantitative estimate of drug-likeness (QED) is 0.259. The van der Waals surface area contributed by atoms with Crippen LogP contribution in [0, 0.1) is 27.7 Å². The van der Waals surface area contributed by atoms with E-state index < -0.39 is 0 Å². The zero-order chi connectivity index (χ0) is 27.3. The van der Waals surface area contributed by atoms with E-state index in [2.05, 4.69) is 56.9 Å². The molecule has 0 saturated heterocycles. The summed E-state index contributed by atoms with van der Waals surface area (Å²) in [7, 11) is 0. The molecule has 0 radical (unpaired) electrons. The summed E-state index contributed by atoms with van der Waals surface area (Å²) in [6, 6.07) is 20.6. The number of anilines is 1. The zero-order valence-corrected chi connectivity index (χ0v) is 23.3. The molecule has 3 heterocycles. The van der Waals surface area contributed by atoms with E-state index in [0.29, 0.717) is 17.7 Å². The minimum Gasteiger partial charge on any atom is -0.372 e. The minimum atomic E-state index is 0.458. The van der Waals surface area contributed by atoms with Crippen LogP contribution in [-0.4, -0.2) is 47.6 Å². The van der Waals surface area contributed by atoms with Crippen molar-refractivity contribution in [3.8, 4) is 23.3 Å². The second-order valence-electron chi connectivity index (χ2n) is 9.92. The third kappa shape index (κ3) is 4.12. The Morgan fingerprint density at radius 2 is 1.10 bits per heavy atom. The highest BCUT2D eigenvalue weighted by Gasteiger charge is 2.20. The fourth-order valence-corrected chi connectivity index (χ4v) is 5.55. The Kier molecular flexibility index (Phi) is 6.10. The molecule has 6 aromatic rings. The normalized spacial score (nSPS) is 11.5. The molecule has 39 heavy (non-hydrogen) atoms. The molecule has 0 aliphatic rings. The summed E-state index contributed by atoms with van der Waals surface area (Å²) in [5.74, 6) is 1.50. The monoisotopic (exact) mass is 516 g/mol. The largest absolute Gasteiger partial charge is 0.372 e. The molecule has 0 unspecified atom stereocenters. The van der Waals surface area contributed by atoms with Gasteiger partial charge in [-0.3, -0.25) is 0 Å². The summed E-state index contributed by atoms with van der Waals surface area (Å²) < 4.78 is 3.61. The smallest absolute Gasteiger partial charge is 0.256 e. The van der Waals surface area contributed by atoms with Crippen LogP contribution < -0.4 is 4.90 Å². The number of aryl methyl sites for hydroxylation is 4. The van der Waals surface area contributed by atoms with Gasteiger partial charge < -0.3 is 4.90 Å². The minimum absolute atomic E-state index is 0.458. The summed E-state index contributed by atoms with van der Waals surface area (Å²) in [6.45, 7) is 14.6. The van der Waals surface area contributed by atoms with Crippen molar-refractivity contribution in [2.24, 2.45) is 0 Å². The summed E-state index contributed by atoms with van der Waals surface area (Å²) in [5, 5.41) is 11.8. The van der Waals surface area contributed by atoms with Crippen LogP contribution in [0.15, 0.2) is 60.7 Å². The fraction of sp³-hybridized carbons (Fsp3) is 0.258. The number of nitrogens with zero attached hydrogens (tertiary/aromatic N) is 8. The Hall–Kier alpha value is -4.59. The lowest BCUT2D eigenvalue weighted by molar-refractivity contribution is 0.759. The van der Waals surface area contributed by atoms with E-state index in [1.807, 2.05) is 59.6 Å². The van der Waals surface area contributed by atoms with Crippen molar-refractivity contribution in [3.05, 3.63) is 83.2 Å². The molecule has 6 rings (SSSR count). The molecule has 0 aliphatic heterocycles. The summed E-state index contributed by atoms with van der Waals surface area (Å²) in [4.78, 5) is 17.2. The maximum absolute atomic E-state index is 4.97. The molecule has 0 bridgehead atoms. The Bertz CT molecular complexity index is 1720. The number of rotatable bonds is 6. The number of benzene rings is 3. The van der Waals surface area contributed by atoms with Gasteiger partial charge in [-0.2, -0.15) is 34.5 Å². The maximum Gasteiger partial charge on any atom is 0.256 e. The van der Waals surface area contributed by atoms with Crippen molar-refractivity contribution in [3.63, 3.8) is 0 Å². The zero-order valence-electron chi connectivity index (χ0n) is 23.3. The average Bonchev–Trinajstić information content (AvgIpc) is 3.47. The number of hydrogen-bond donors (Lipinski definition) is 0. The van der Waals surface area contributed by atoms with Crippen molar-refractivity contribution in [1.82, 2.24) is 34.5 Å². The van der Waals surface area contributed by atoms with Gasteiger partial charge in [0, 0.05) is 35.1 Å². The van der Waals surface area contributed by atoms with Crippen LogP contribution >= 0.6 is 0 Å². The van der Waals surface area contributed by atoms with Gasteiger partial charge in [0.15, 0.2) is 5.82 Å². The predicted molar refractivity (Wildman–Crippen MR) is 157 cm³/mol. The Morgan fingerprint density at radius 1 is 0.641 bits per heavy atom. The number of para-hydroxylation sites is 2. The highest BCUT2D eigenvalue weighted by Crippen LogP contribution is 2.31. The lowest BCUT2D eigenvalue weighted by atomic mass is 10.0. The van der Waals surface area contributed by atoms with Crippen LogP contribution in [0.4, 0.5) is 5.69 Å². The van der Waals surface area contributed by atoms with Gasteiger partial charge in [0.2, 0.25) is 0 Å². The molecule has 3 aromatic heterocycles. The summed E-state index contributed by atoms with van der Waals surface area (Å²) >= 11 is 0. The second-order valence-corrected chi connectivity index (χ2v) is 9.92. The van der Waals surface area contributed by atoms with E-state index >= 15 is 0 Å². The third-order valence-electron chi connectivity index (χ3n) is 7.36. The summed E-state index contributed by atoms with van der Waals surface area (Å²) in [6.07, 6.45) is 0. The SMILES string of the molecule is CCN(CC)c1c(C)cc(-c2nc(-n3nc(C)c4ccccc43)nc(-n3nc(C)c4ccccc43)n2)cc1C. The van der Waals surface area contributed by atoms with E-state index in [1.165, 1.54) is 16.8 Å². The van der Waals surface area contributed by atoms with Crippen LogP contribution in [0.1, 0.15) is 36.4 Å². The molecule has 0 amide bonds. The first-order valence-electron chi connectivity index (χ1n) is 13.4. The standard InChI is InChI=1S/C31H32N8/c1-7-37(8-2)28-19(3)17-23(18-20(28)4)29-32-30(38-26-15-11-9-13-24(26)21(5)35-38)34-31(33-29)39-27-16-12-10-14-25(27)22(6)36-39/h9-18H,7-8H2,1-6H3. The molecule has 3 aromatic carbocycles. The Morgan fingerprint density at radius 3 is 1.56 bits per heavy atom. The van der Waals surface area contributed by atoms with Crippen LogP contribution in [0.2, 0.25) is 0 Å². The van der Waals surface area contributed by atoms with E-state index in [9.17, 15) is 0 Å². The molecule has 0 spiro atoms. The van der Waals surface area contributed by atoms with E-state index in [4.69, 9.17) is 25.1 Å². The first-order chi connectivity index (χ1) is 18.9. The van der Waals surface area contributed by atoms with Gasteiger partial charge in [-0.15, -0.1) is 0 Å². The van der Waals surface area contributed by atoms with Crippen molar-refractivity contribution in [1.29, 1.82) is 0 Å². The molecule has 8 nitrogen and oxygen atoms in total. The average molecular weight is 517 g/mol. The maximum atomic E-state index is 4.97. The van der Waals surface area contributed by atoms with Crippen LogP contribution in [0.3, 0.4) is 0 Å². The predicted octanol–water partition coefficient (Wildman–Crippen LogP) is 6.30. The Labute approximate surface area is 228 Å². The first-order valence-corrected chi connectivity index (χ1v) is 13.4. The van der Waals surface area contributed by atoms with Crippen molar-refractivity contribution in [2.75, 3.05) is 18.0 Å². The van der Waals surface area contributed by atoms with Crippen LogP contribution in [-0.2, 0) is 0 Å². The van der Waals surface area contributed by atoms with Crippen molar-refractivity contribution in [2.45, 2.75) is 41.5 Å². The van der Waals surface area contributed by atoms with Crippen LogP contribution in [0.25, 0.3) is 45.1 Å². The molecule has 196 valence electrons. The Balaban J connectivity index is 1.61. The molecule has 0 N–H and O–H groups in total. The van der Waals surface area contributed by atoms with Gasteiger partial charge in [-0.05, 0) is 76.9 Å². The molecule has 0 atom stereocenters. The number of hydrogen-bond acceptors (Lipinski definition) is 6. The number of fused-ring (bicyclic) bond motifs is 2. The van der Waals surface area contributed by atoms with E-state index in [-0.39, 0.29) is 0 Å². The topological polar surface area (TPSA) is 77.5 Å². The van der Waals surface area contributed by atoms with Gasteiger partial charge in [-0.1, -0.05) is 36.4 Å². The molecule has 0 fully saturated rings. The first kappa shape index (κ1) is 24.7. The summed E-state index contributed by atoms with van der Waals surface area (Å²) in [5.41, 5.74) is 8.32. The molecular formula is C31H32N8. The van der Waals surface area contributed by atoms with Gasteiger partial charge in [0.25, 0.3) is 11.9 Å². The molecule has 0 aliphatic carbocycles. The van der Waals surface area contributed by atoms with Gasteiger partial charge in [-0.25, -0.2) is 0 Å². The van der Waals surface area contributed by atoms with Crippen molar-refractivity contribution >= 4 is 27.5 Å². The van der Waals surface area contributed by atoms with Gasteiger partial charge in [0.1, 0.15) is 0 Å². The highest BCUT2D eigenvalue weighted by atomic mass is 15.4. The molecule has 0 saturated carbocycles. The van der Waals surface area contributed by atoms with E-state index in [0.717, 1.165) is 51.8 Å². The highest BCUT2D eigenvalue weighted by molar-refractivity contribution is 5.84. The van der Waals surface area contributed by atoms with Crippen molar-refractivity contribution < 1.29 is 0 Å². The van der Waals surface area contributed by atoms with E-state index in [1.54, 1.807) is 0 Å². The molecular weight excluding hydrogens is 484 g/mol. The lowest BCUT2D eigenvalue weighted by Gasteiger charge is -2.26.